The minimum absolute atomic E-state index is 0.153. The minimum Gasteiger partial charge on any atom is -0.325 e. The van der Waals surface area contributed by atoms with Crippen LogP contribution < -0.4 is 5.32 Å². The summed E-state index contributed by atoms with van der Waals surface area (Å²) in [5.41, 5.74) is 4.69. The summed E-state index contributed by atoms with van der Waals surface area (Å²) < 4.78 is 15.1. The van der Waals surface area contributed by atoms with Crippen molar-refractivity contribution < 1.29 is 9.18 Å². The number of rotatable bonds is 5. The van der Waals surface area contributed by atoms with E-state index in [2.05, 4.69) is 42.3 Å². The number of halogens is 1. The number of benzene rings is 2. The Bertz CT molecular complexity index is 932. The summed E-state index contributed by atoms with van der Waals surface area (Å²) >= 11 is 1.36. The summed E-state index contributed by atoms with van der Waals surface area (Å²) in [5.74, 6) is -0.247. The van der Waals surface area contributed by atoms with E-state index in [-0.39, 0.29) is 17.5 Å². The fourth-order valence-electron chi connectivity index (χ4n) is 2.77. The van der Waals surface area contributed by atoms with Crippen molar-refractivity contribution in [3.8, 4) is 5.69 Å². The maximum absolute atomic E-state index is 13.2. The first-order valence-electron chi connectivity index (χ1n) is 8.23. The third-order valence-corrected chi connectivity index (χ3v) is 4.85. The van der Waals surface area contributed by atoms with Crippen molar-refractivity contribution in [2.75, 3.05) is 11.1 Å². The van der Waals surface area contributed by atoms with Crippen molar-refractivity contribution in [3.63, 3.8) is 0 Å². The van der Waals surface area contributed by atoms with Crippen LogP contribution in [0.3, 0.4) is 0 Å². The number of aryl methyl sites for hydroxylation is 3. The van der Waals surface area contributed by atoms with E-state index in [1.54, 1.807) is 19.2 Å². The lowest BCUT2D eigenvalue weighted by Crippen LogP contribution is -2.15. The first kappa shape index (κ1) is 18.2. The lowest BCUT2D eigenvalue weighted by molar-refractivity contribution is -0.113. The molecule has 3 aromatic rings. The maximum atomic E-state index is 13.2. The Morgan fingerprint density at radius 2 is 1.88 bits per heavy atom. The molecule has 26 heavy (non-hydrogen) atoms. The molecule has 0 bridgehead atoms. The Hall–Kier alpha value is -2.60. The Kier molecular flexibility index (Phi) is 5.42. The van der Waals surface area contributed by atoms with Gasteiger partial charge in [0.15, 0.2) is 5.16 Å². The number of hydrogen-bond donors (Lipinski definition) is 1. The summed E-state index contributed by atoms with van der Waals surface area (Å²) in [5, 5.41) is 3.56. The molecule has 1 N–H and O–H groups in total. The molecule has 0 radical (unpaired) electrons. The van der Waals surface area contributed by atoms with E-state index in [1.165, 1.54) is 35.0 Å². The number of nitrogens with one attached hydrogen (secondary N) is 1. The molecule has 134 valence electrons. The number of carbonyl (C=O) groups excluding carboxylic acids is 1. The molecule has 0 atom stereocenters. The third-order valence-electron chi connectivity index (χ3n) is 3.89. The molecule has 0 saturated carbocycles. The second kappa shape index (κ2) is 7.74. The first-order valence-corrected chi connectivity index (χ1v) is 9.22. The van der Waals surface area contributed by atoms with Crippen LogP contribution in [-0.4, -0.2) is 21.2 Å². The fraction of sp³-hybridized carbons (Fsp3) is 0.200. The van der Waals surface area contributed by atoms with Gasteiger partial charge in [-0.15, -0.1) is 0 Å². The van der Waals surface area contributed by atoms with Crippen molar-refractivity contribution >= 4 is 23.4 Å². The number of imidazole rings is 1. The first-order chi connectivity index (χ1) is 12.4. The lowest BCUT2D eigenvalue weighted by Gasteiger charge is -2.10. The van der Waals surface area contributed by atoms with Crippen LogP contribution >= 0.6 is 11.8 Å². The highest BCUT2D eigenvalue weighted by Gasteiger charge is 2.11. The van der Waals surface area contributed by atoms with Crippen LogP contribution in [0.2, 0.25) is 0 Å². The molecule has 4 nitrogen and oxygen atoms in total. The number of thioether (sulfide) groups is 1. The van der Waals surface area contributed by atoms with Crippen LogP contribution in [0.1, 0.15) is 16.7 Å². The molecule has 0 aliphatic heterocycles. The van der Waals surface area contributed by atoms with E-state index in [9.17, 15) is 9.18 Å². The Morgan fingerprint density at radius 3 is 2.58 bits per heavy atom. The molecule has 0 fully saturated rings. The van der Waals surface area contributed by atoms with Crippen molar-refractivity contribution in [1.29, 1.82) is 0 Å². The molecular formula is C20H20FN3OS. The second-order valence-electron chi connectivity index (χ2n) is 6.22. The standard InChI is InChI=1S/C20H20FN3OS/c1-13-8-14(2)10-17(9-13)24-7-6-22-20(24)26-12-19(25)23-18-5-4-16(21)11-15(18)3/h4-11H,12H2,1-3H3,(H,23,25). The van der Waals surface area contributed by atoms with Gasteiger partial charge >= 0.3 is 0 Å². The normalized spacial score (nSPS) is 10.8. The van der Waals surface area contributed by atoms with Gasteiger partial charge in [-0.1, -0.05) is 17.8 Å². The zero-order valence-corrected chi connectivity index (χ0v) is 15.7. The van der Waals surface area contributed by atoms with Gasteiger partial charge in [-0.3, -0.25) is 9.36 Å². The minimum atomic E-state index is -0.314. The van der Waals surface area contributed by atoms with E-state index < -0.39 is 0 Å². The molecule has 0 aliphatic carbocycles. The van der Waals surface area contributed by atoms with Crippen LogP contribution in [0.25, 0.3) is 5.69 Å². The quantitative estimate of drug-likeness (QED) is 0.665. The molecule has 1 amide bonds. The van der Waals surface area contributed by atoms with E-state index >= 15 is 0 Å². The number of amides is 1. The molecule has 1 aromatic heterocycles. The molecule has 6 heteroatoms. The van der Waals surface area contributed by atoms with E-state index in [1.807, 2.05) is 10.8 Å². The van der Waals surface area contributed by atoms with Crippen LogP contribution in [0.4, 0.5) is 10.1 Å². The summed E-state index contributed by atoms with van der Waals surface area (Å²) in [6.07, 6.45) is 3.61. The van der Waals surface area contributed by atoms with Crippen LogP contribution in [-0.2, 0) is 4.79 Å². The van der Waals surface area contributed by atoms with E-state index in [0.29, 0.717) is 11.3 Å². The van der Waals surface area contributed by atoms with Gasteiger partial charge in [0.05, 0.1) is 5.75 Å². The number of anilines is 1. The van der Waals surface area contributed by atoms with Crippen LogP contribution in [0.15, 0.2) is 53.9 Å². The van der Waals surface area contributed by atoms with Gasteiger partial charge in [-0.2, -0.15) is 0 Å². The van der Waals surface area contributed by atoms with Gasteiger partial charge in [-0.25, -0.2) is 9.37 Å². The Morgan fingerprint density at radius 1 is 1.15 bits per heavy atom. The van der Waals surface area contributed by atoms with E-state index in [4.69, 9.17) is 0 Å². The topological polar surface area (TPSA) is 46.9 Å². The molecule has 0 saturated heterocycles. The second-order valence-corrected chi connectivity index (χ2v) is 7.16. The predicted molar refractivity (Wildman–Crippen MR) is 104 cm³/mol. The fourth-order valence-corrected chi connectivity index (χ4v) is 3.54. The molecule has 2 aromatic carbocycles. The molecule has 3 rings (SSSR count). The molecule has 1 heterocycles. The Labute approximate surface area is 156 Å². The average molecular weight is 369 g/mol. The van der Waals surface area contributed by atoms with Gasteiger partial charge in [0, 0.05) is 23.8 Å². The van der Waals surface area contributed by atoms with Crippen molar-refractivity contribution in [2.45, 2.75) is 25.9 Å². The molecule has 0 unspecified atom stereocenters. The van der Waals surface area contributed by atoms with Crippen molar-refractivity contribution in [1.82, 2.24) is 9.55 Å². The van der Waals surface area contributed by atoms with E-state index in [0.717, 1.165) is 10.8 Å². The predicted octanol–water partition coefficient (Wildman–Crippen LogP) is 4.67. The average Bonchev–Trinajstić information content (AvgIpc) is 3.03. The maximum Gasteiger partial charge on any atom is 0.234 e. The summed E-state index contributed by atoms with van der Waals surface area (Å²) in [7, 11) is 0. The summed E-state index contributed by atoms with van der Waals surface area (Å²) in [6, 6.07) is 10.6. The number of nitrogens with zero attached hydrogens (tertiary/aromatic N) is 2. The smallest absolute Gasteiger partial charge is 0.234 e. The van der Waals surface area contributed by atoms with Crippen LogP contribution in [0, 0.1) is 26.6 Å². The van der Waals surface area contributed by atoms with Crippen molar-refractivity contribution in [2.24, 2.45) is 0 Å². The molecule has 0 aliphatic rings. The van der Waals surface area contributed by atoms with Gasteiger partial charge in [0.2, 0.25) is 5.91 Å². The number of aromatic nitrogens is 2. The highest BCUT2D eigenvalue weighted by Crippen LogP contribution is 2.23. The summed E-state index contributed by atoms with van der Waals surface area (Å²) in [6.45, 7) is 5.87. The lowest BCUT2D eigenvalue weighted by atomic mass is 10.1. The number of carbonyl (C=O) groups is 1. The zero-order valence-electron chi connectivity index (χ0n) is 14.9. The summed E-state index contributed by atoms with van der Waals surface area (Å²) in [4.78, 5) is 16.6. The van der Waals surface area contributed by atoms with Crippen molar-refractivity contribution in [3.05, 3.63) is 71.3 Å². The highest BCUT2D eigenvalue weighted by molar-refractivity contribution is 7.99. The molecule has 0 spiro atoms. The van der Waals surface area contributed by atoms with Crippen LogP contribution in [0.5, 0.6) is 0 Å². The third kappa shape index (κ3) is 4.32. The van der Waals surface area contributed by atoms with Gasteiger partial charge in [-0.05, 0) is 67.8 Å². The van der Waals surface area contributed by atoms with Gasteiger partial charge in [0.1, 0.15) is 5.82 Å². The molecular weight excluding hydrogens is 349 g/mol. The zero-order chi connectivity index (χ0) is 18.7. The SMILES string of the molecule is Cc1cc(C)cc(-n2ccnc2SCC(=O)Nc2ccc(F)cc2C)c1. The monoisotopic (exact) mass is 369 g/mol. The highest BCUT2D eigenvalue weighted by atomic mass is 32.2. The Balaban J connectivity index is 1.69. The van der Waals surface area contributed by atoms with Gasteiger partial charge < -0.3 is 5.32 Å². The number of hydrogen-bond acceptors (Lipinski definition) is 3. The van der Waals surface area contributed by atoms with Gasteiger partial charge in [0.25, 0.3) is 0 Å². The largest absolute Gasteiger partial charge is 0.325 e.